The van der Waals surface area contributed by atoms with Crippen molar-refractivity contribution in [3.8, 4) is 22.6 Å². The summed E-state index contributed by atoms with van der Waals surface area (Å²) >= 11 is 13.0. The van der Waals surface area contributed by atoms with Crippen LogP contribution in [-0.2, 0) is 4.74 Å². The summed E-state index contributed by atoms with van der Waals surface area (Å²) in [5, 5.41) is 16.8. The van der Waals surface area contributed by atoms with Gasteiger partial charge in [-0.1, -0.05) is 29.8 Å². The number of aliphatic hydroxyl groups is 1. The molecule has 0 radical (unpaired) electrons. The van der Waals surface area contributed by atoms with E-state index in [-0.39, 0.29) is 33.6 Å². The van der Waals surface area contributed by atoms with Gasteiger partial charge in [0, 0.05) is 23.2 Å². The van der Waals surface area contributed by atoms with Crippen LogP contribution >= 0.6 is 23.2 Å². The third-order valence-corrected chi connectivity index (χ3v) is 6.25. The third kappa shape index (κ3) is 4.75. The van der Waals surface area contributed by atoms with Gasteiger partial charge in [0.05, 0.1) is 49.6 Å². The first-order chi connectivity index (χ1) is 16.4. The summed E-state index contributed by atoms with van der Waals surface area (Å²) in [5.41, 5.74) is 0.923. The highest BCUT2D eigenvalue weighted by atomic mass is 35.5. The van der Waals surface area contributed by atoms with E-state index in [1.54, 1.807) is 12.1 Å². The maximum atomic E-state index is 15.2. The molecule has 8 nitrogen and oxygen atoms in total. The lowest BCUT2D eigenvalue weighted by Gasteiger charge is -2.22. The lowest BCUT2D eigenvalue weighted by Crippen LogP contribution is -2.47. The maximum absolute atomic E-state index is 15.2. The number of nitrogens with one attached hydrogen (secondary N) is 2. The lowest BCUT2D eigenvalue weighted by atomic mass is 10.0. The van der Waals surface area contributed by atoms with E-state index >= 15 is 4.39 Å². The van der Waals surface area contributed by atoms with E-state index in [0.29, 0.717) is 41.2 Å². The fourth-order valence-electron chi connectivity index (χ4n) is 3.77. The van der Waals surface area contributed by atoms with Crippen molar-refractivity contribution in [2.45, 2.75) is 18.3 Å². The zero-order valence-electron chi connectivity index (χ0n) is 18.4. The van der Waals surface area contributed by atoms with Crippen LogP contribution in [0.1, 0.15) is 0 Å². The smallest absolute Gasteiger partial charge is 0.223 e. The molecule has 0 aliphatic carbocycles. The summed E-state index contributed by atoms with van der Waals surface area (Å²) in [6.45, 7) is 4.31. The van der Waals surface area contributed by atoms with E-state index in [2.05, 4.69) is 27.2 Å². The molecule has 1 aliphatic rings. The highest BCUT2D eigenvalue weighted by Gasteiger charge is 2.30. The largest absolute Gasteiger partial charge is 0.495 e. The number of hydrogen-bond donors (Lipinski definition) is 3. The molecule has 0 saturated carbocycles. The van der Waals surface area contributed by atoms with Gasteiger partial charge in [-0.15, -0.1) is 0 Å². The average molecular weight is 509 g/mol. The van der Waals surface area contributed by atoms with Crippen molar-refractivity contribution in [2.24, 2.45) is 0 Å². The zero-order chi connectivity index (χ0) is 24.4. The Balaban J connectivity index is 1.68. The molecule has 0 bridgehead atoms. The Morgan fingerprint density at radius 1 is 1.18 bits per heavy atom. The summed E-state index contributed by atoms with van der Waals surface area (Å²) in [6.07, 6.45) is 2.01. The van der Waals surface area contributed by atoms with Crippen LogP contribution in [0.5, 0.6) is 11.5 Å². The van der Waals surface area contributed by atoms with Crippen molar-refractivity contribution in [2.75, 3.05) is 32.8 Å². The summed E-state index contributed by atoms with van der Waals surface area (Å²) in [4.78, 5) is 8.66. The van der Waals surface area contributed by atoms with Crippen molar-refractivity contribution < 1.29 is 23.7 Å². The molecule has 2 aromatic carbocycles. The molecule has 180 valence electrons. The Labute approximate surface area is 205 Å². The van der Waals surface area contributed by atoms with Crippen molar-refractivity contribution >= 4 is 40.1 Å². The summed E-state index contributed by atoms with van der Waals surface area (Å²) < 4.78 is 31.3. The van der Waals surface area contributed by atoms with E-state index in [1.807, 2.05) is 0 Å². The Morgan fingerprint density at radius 2 is 1.85 bits per heavy atom. The molecule has 11 heteroatoms. The van der Waals surface area contributed by atoms with Crippen LogP contribution in [0, 0.1) is 5.82 Å². The number of ether oxygens (including phenoxy) is 3. The highest BCUT2D eigenvalue weighted by molar-refractivity contribution is 6.41. The van der Waals surface area contributed by atoms with E-state index in [1.165, 1.54) is 32.6 Å². The number of anilines is 1. The van der Waals surface area contributed by atoms with Gasteiger partial charge in [-0.2, -0.15) is 0 Å². The summed E-state index contributed by atoms with van der Waals surface area (Å²) in [7, 11) is 2.94. The minimum Gasteiger partial charge on any atom is -0.495 e. The Kier molecular flexibility index (Phi) is 7.39. The van der Waals surface area contributed by atoms with Crippen LogP contribution in [0.2, 0.25) is 10.0 Å². The van der Waals surface area contributed by atoms with Crippen LogP contribution < -0.4 is 20.1 Å². The van der Waals surface area contributed by atoms with Crippen LogP contribution in [0.25, 0.3) is 22.0 Å². The molecule has 0 spiro atoms. The van der Waals surface area contributed by atoms with Gasteiger partial charge in [-0.3, -0.25) is 5.32 Å². The van der Waals surface area contributed by atoms with Crippen molar-refractivity contribution in [1.82, 2.24) is 15.3 Å². The SMILES string of the molecule is C=CC(O)NC1COCC1Nc1ncc2cc(-c3c(Cl)c(OC)cc(OC)c3Cl)cc(F)c2n1. The molecule has 1 aliphatic heterocycles. The highest BCUT2D eigenvalue weighted by Crippen LogP contribution is 2.46. The average Bonchev–Trinajstić information content (AvgIpc) is 3.26. The number of hydrogen-bond acceptors (Lipinski definition) is 8. The fourth-order valence-corrected chi connectivity index (χ4v) is 4.49. The van der Waals surface area contributed by atoms with Gasteiger partial charge >= 0.3 is 0 Å². The minimum absolute atomic E-state index is 0.123. The first-order valence-electron chi connectivity index (χ1n) is 10.3. The maximum Gasteiger partial charge on any atom is 0.223 e. The van der Waals surface area contributed by atoms with Gasteiger partial charge in [-0.25, -0.2) is 14.4 Å². The first kappa shape index (κ1) is 24.4. The topological polar surface area (TPSA) is 97.8 Å². The van der Waals surface area contributed by atoms with Crippen LogP contribution in [-0.4, -0.2) is 60.8 Å². The Hall–Kier alpha value is -2.69. The van der Waals surface area contributed by atoms with E-state index in [0.717, 1.165) is 0 Å². The standard InChI is InChI=1S/C23H23Cl2FN4O4/c1-4-18(31)28-14-9-34-10-15(14)29-23-27-8-12-5-11(6-13(26)22(12)30-23)19-20(24)16(32-2)7-17(33-3)21(19)25/h4-8,14-15,18,28,31H,1,9-10H2,2-3H3,(H,27,29,30). The van der Waals surface area contributed by atoms with Crippen molar-refractivity contribution in [1.29, 1.82) is 0 Å². The zero-order valence-corrected chi connectivity index (χ0v) is 20.0. The van der Waals surface area contributed by atoms with Gasteiger partial charge in [0.25, 0.3) is 0 Å². The third-order valence-electron chi connectivity index (χ3n) is 5.50. The van der Waals surface area contributed by atoms with Crippen molar-refractivity contribution in [3.05, 3.63) is 52.9 Å². The lowest BCUT2D eigenvalue weighted by molar-refractivity contribution is 0.149. The van der Waals surface area contributed by atoms with Crippen LogP contribution in [0.3, 0.4) is 0 Å². The normalized spacial score (nSPS) is 18.6. The van der Waals surface area contributed by atoms with Gasteiger partial charge in [0.15, 0.2) is 0 Å². The monoisotopic (exact) mass is 508 g/mol. The van der Waals surface area contributed by atoms with Gasteiger partial charge in [0.1, 0.15) is 29.1 Å². The van der Waals surface area contributed by atoms with E-state index < -0.39 is 12.0 Å². The molecule has 1 saturated heterocycles. The van der Waals surface area contributed by atoms with Crippen molar-refractivity contribution in [3.63, 3.8) is 0 Å². The Morgan fingerprint density at radius 3 is 2.50 bits per heavy atom. The molecule has 3 unspecified atom stereocenters. The van der Waals surface area contributed by atoms with E-state index in [9.17, 15) is 5.11 Å². The molecular formula is C23H23Cl2FN4O4. The molecule has 3 aromatic rings. The number of halogens is 3. The number of rotatable bonds is 8. The molecule has 3 atom stereocenters. The molecule has 3 N–H and O–H groups in total. The minimum atomic E-state index is -0.877. The second-order valence-electron chi connectivity index (χ2n) is 7.62. The van der Waals surface area contributed by atoms with Crippen LogP contribution in [0.15, 0.2) is 37.1 Å². The fraction of sp³-hybridized carbons (Fsp3) is 0.304. The molecule has 1 aromatic heterocycles. The molecule has 0 amide bonds. The first-order valence-corrected chi connectivity index (χ1v) is 11.1. The number of methoxy groups -OCH3 is 2. The predicted molar refractivity (Wildman–Crippen MR) is 129 cm³/mol. The number of aliphatic hydroxyl groups excluding tert-OH is 1. The molecule has 1 fully saturated rings. The summed E-state index contributed by atoms with van der Waals surface area (Å²) in [5.74, 6) is 0.343. The molecule has 34 heavy (non-hydrogen) atoms. The molecular weight excluding hydrogens is 486 g/mol. The van der Waals surface area contributed by atoms with Gasteiger partial charge < -0.3 is 24.6 Å². The molecule has 2 heterocycles. The number of aromatic nitrogens is 2. The number of fused-ring (bicyclic) bond motifs is 1. The second kappa shape index (κ2) is 10.3. The Bertz CT molecular complexity index is 1200. The predicted octanol–water partition coefficient (Wildman–Crippen LogP) is 4.03. The second-order valence-corrected chi connectivity index (χ2v) is 8.37. The summed E-state index contributed by atoms with van der Waals surface area (Å²) in [6, 6.07) is 4.13. The van der Waals surface area contributed by atoms with Gasteiger partial charge in [0.2, 0.25) is 5.95 Å². The van der Waals surface area contributed by atoms with E-state index in [4.69, 9.17) is 37.4 Å². The number of benzene rings is 2. The van der Waals surface area contributed by atoms with Gasteiger partial charge in [-0.05, 0) is 23.8 Å². The quantitative estimate of drug-likeness (QED) is 0.310. The number of nitrogens with zero attached hydrogens (tertiary/aromatic N) is 2. The molecule has 4 rings (SSSR count). The van der Waals surface area contributed by atoms with Crippen LogP contribution in [0.4, 0.5) is 10.3 Å².